The van der Waals surface area contributed by atoms with Crippen molar-refractivity contribution in [2.75, 3.05) is 12.4 Å². The van der Waals surface area contributed by atoms with Gasteiger partial charge in [0.05, 0.1) is 6.10 Å². The van der Waals surface area contributed by atoms with Crippen LogP contribution in [-0.2, 0) is 23.4 Å². The van der Waals surface area contributed by atoms with E-state index in [1.54, 1.807) is 32.0 Å². The van der Waals surface area contributed by atoms with Crippen molar-refractivity contribution in [3.8, 4) is 5.75 Å². The minimum Gasteiger partial charge on any atom is -0.462 e. The van der Waals surface area contributed by atoms with Gasteiger partial charge in [0, 0.05) is 6.20 Å². The van der Waals surface area contributed by atoms with Crippen LogP contribution >= 0.6 is 7.75 Å². The summed E-state index contributed by atoms with van der Waals surface area (Å²) in [6.45, 7) is 5.49. The van der Waals surface area contributed by atoms with Gasteiger partial charge in [-0.2, -0.15) is 10.1 Å². The number of carbonyl (C=O) groups is 1. The molecule has 2 heterocycles. The molecule has 1 fully saturated rings. The number of ether oxygens (including phenoxy) is 2. The zero-order valence-corrected chi connectivity index (χ0v) is 23.0. The number of nitrogen functional groups attached to an aromatic ring is 1. The van der Waals surface area contributed by atoms with E-state index in [0.29, 0.717) is 4.57 Å². The molecule has 0 aliphatic carbocycles. The lowest BCUT2D eigenvalue weighted by atomic mass is 9.89. The van der Waals surface area contributed by atoms with Crippen molar-refractivity contribution in [2.24, 2.45) is 0 Å². The fourth-order valence-corrected chi connectivity index (χ4v) is 5.84. The van der Waals surface area contributed by atoms with Gasteiger partial charge in [0.25, 0.3) is 0 Å². The maximum Gasteiger partial charge on any atom is 0.460 e. The van der Waals surface area contributed by atoms with E-state index >= 15 is 4.39 Å². The summed E-state index contributed by atoms with van der Waals surface area (Å²) < 4.78 is 66.8. The molecule has 3 rings (SSSR count). The van der Waals surface area contributed by atoms with Crippen LogP contribution in [0, 0.1) is 0 Å². The zero-order valence-electron chi connectivity index (χ0n) is 22.1. The number of alkyl halides is 2. The monoisotopic (exact) mass is 574 g/mol. The number of halogens is 2. The second kappa shape index (κ2) is 11.7. The number of esters is 1. The molecule has 1 aromatic carbocycles. The first-order valence-corrected chi connectivity index (χ1v) is 13.6. The Bertz CT molecular complexity index is 1260. The Hall–Kier alpha value is -2.90. The lowest BCUT2D eigenvalue weighted by Gasteiger charge is -2.36. The topological polar surface area (TPSA) is 164 Å². The van der Waals surface area contributed by atoms with Crippen LogP contribution in [0.25, 0.3) is 0 Å². The average molecular weight is 575 g/mol. The first-order valence-electron chi connectivity index (χ1n) is 12.1. The number of nitrogens with one attached hydrogen (secondary N) is 1. The Labute approximate surface area is 224 Å². The quantitative estimate of drug-likeness (QED) is 0.267. The SMILES string of the molecule is CC(C)OC(=O)[C@H](C)N[P@@](=O)(Oc1ccccc1)OC(C)(C)[C@H]1O[C@@H](n2ccc(N)nc2=O)[C@@](F)(CF)C1O. The van der Waals surface area contributed by atoms with Gasteiger partial charge in [0.2, 0.25) is 5.67 Å². The lowest BCUT2D eigenvalue weighted by Crippen LogP contribution is -2.52. The number of para-hydroxylation sites is 1. The van der Waals surface area contributed by atoms with E-state index in [4.69, 9.17) is 24.3 Å². The molecule has 12 nitrogen and oxygen atoms in total. The van der Waals surface area contributed by atoms with Gasteiger partial charge in [-0.3, -0.25) is 13.9 Å². The summed E-state index contributed by atoms with van der Waals surface area (Å²) in [6.07, 6.45) is -5.25. The fourth-order valence-electron chi connectivity index (χ4n) is 3.99. The van der Waals surface area contributed by atoms with Crippen LogP contribution in [0.2, 0.25) is 0 Å². The fraction of sp³-hybridized carbons (Fsp3) is 0.542. The van der Waals surface area contributed by atoms with Crippen LogP contribution in [-0.4, -0.2) is 62.9 Å². The molecule has 15 heteroatoms. The molecule has 1 aliphatic heterocycles. The molecule has 4 N–H and O–H groups in total. The van der Waals surface area contributed by atoms with Gasteiger partial charge in [0.15, 0.2) is 6.23 Å². The maximum absolute atomic E-state index is 15.9. The third kappa shape index (κ3) is 6.82. The van der Waals surface area contributed by atoms with Gasteiger partial charge in [-0.05, 0) is 52.8 Å². The first-order chi connectivity index (χ1) is 18.1. The summed E-state index contributed by atoms with van der Waals surface area (Å²) in [7, 11) is -4.51. The van der Waals surface area contributed by atoms with Crippen molar-refractivity contribution in [2.45, 2.75) is 76.5 Å². The van der Waals surface area contributed by atoms with Gasteiger partial charge in [-0.1, -0.05) is 18.2 Å². The van der Waals surface area contributed by atoms with E-state index in [2.05, 4.69) is 10.1 Å². The standard InChI is InChI=1S/C24H33F2N4O8P/c1-14(2)35-20(32)15(3)29-39(34,37-16-9-7-6-8-10-16)38-23(4,5)19-18(31)24(26,13-25)21(36-19)30-12-11-17(27)28-22(30)33/h6-12,14-15,18-19,21,31H,13H2,1-5H3,(H,29,34)(H2,27,28,33)/t15-,18?,19-,21+,24+,39+/m0/s1. The first kappa shape index (κ1) is 30.6. The van der Waals surface area contributed by atoms with Crippen LogP contribution in [0.15, 0.2) is 47.4 Å². The number of carbonyl (C=O) groups excluding carboxylic acids is 1. The van der Waals surface area contributed by atoms with Gasteiger partial charge >= 0.3 is 19.4 Å². The van der Waals surface area contributed by atoms with E-state index in [-0.39, 0.29) is 11.6 Å². The second-order valence-electron chi connectivity index (χ2n) is 9.89. The van der Waals surface area contributed by atoms with Crippen molar-refractivity contribution in [1.29, 1.82) is 0 Å². The van der Waals surface area contributed by atoms with Gasteiger partial charge in [0.1, 0.15) is 42.1 Å². The average Bonchev–Trinajstić information content (AvgIpc) is 3.10. The molecule has 0 saturated carbocycles. The number of anilines is 1. The Kier molecular flexibility index (Phi) is 9.18. The second-order valence-corrected chi connectivity index (χ2v) is 11.5. The number of hydrogen-bond donors (Lipinski definition) is 3. The van der Waals surface area contributed by atoms with Gasteiger partial charge in [-0.15, -0.1) is 0 Å². The predicted octanol–water partition coefficient (Wildman–Crippen LogP) is 2.67. The summed E-state index contributed by atoms with van der Waals surface area (Å²) in [4.78, 5) is 28.3. The molecular formula is C24H33F2N4O8P. The highest BCUT2D eigenvalue weighted by molar-refractivity contribution is 7.52. The number of benzene rings is 1. The van der Waals surface area contributed by atoms with Crippen LogP contribution in [0.1, 0.15) is 40.8 Å². The highest BCUT2D eigenvalue weighted by atomic mass is 31.2. The molecule has 1 aromatic heterocycles. The number of rotatable bonds is 11. The molecule has 0 bridgehead atoms. The van der Waals surface area contributed by atoms with Crippen molar-refractivity contribution in [3.05, 3.63) is 53.1 Å². The minimum absolute atomic E-state index is 0.0995. The molecule has 39 heavy (non-hydrogen) atoms. The van der Waals surface area contributed by atoms with Crippen LogP contribution < -0.4 is 21.0 Å². The Morgan fingerprint density at radius 3 is 2.51 bits per heavy atom. The molecule has 1 unspecified atom stereocenters. The van der Waals surface area contributed by atoms with Crippen LogP contribution in [0.5, 0.6) is 5.75 Å². The van der Waals surface area contributed by atoms with E-state index in [1.165, 1.54) is 39.0 Å². The number of nitrogens with zero attached hydrogens (tertiary/aromatic N) is 2. The van der Waals surface area contributed by atoms with Crippen LogP contribution in [0.3, 0.4) is 0 Å². The van der Waals surface area contributed by atoms with Gasteiger partial charge < -0.3 is 24.8 Å². The maximum atomic E-state index is 15.9. The number of aliphatic hydroxyl groups is 1. The highest BCUT2D eigenvalue weighted by Gasteiger charge is 2.63. The summed E-state index contributed by atoms with van der Waals surface area (Å²) in [5.41, 5.74) is -0.528. The third-order valence-corrected chi connectivity index (χ3v) is 7.71. The van der Waals surface area contributed by atoms with Crippen LogP contribution in [0.4, 0.5) is 14.6 Å². The Balaban J connectivity index is 1.95. The lowest BCUT2D eigenvalue weighted by molar-refractivity contribution is -0.149. The molecule has 216 valence electrons. The van der Waals surface area contributed by atoms with E-state index in [0.717, 1.165) is 6.20 Å². The van der Waals surface area contributed by atoms with Crippen molar-refractivity contribution in [1.82, 2.24) is 14.6 Å². The molecular weight excluding hydrogens is 541 g/mol. The zero-order chi connectivity index (χ0) is 29.2. The normalized spacial score (nSPS) is 25.7. The van der Waals surface area contributed by atoms with E-state index in [9.17, 15) is 23.7 Å². The Morgan fingerprint density at radius 2 is 1.95 bits per heavy atom. The summed E-state index contributed by atoms with van der Waals surface area (Å²) >= 11 is 0. The molecule has 0 spiro atoms. The summed E-state index contributed by atoms with van der Waals surface area (Å²) in [5.74, 6) is -0.812. The van der Waals surface area contributed by atoms with Crippen molar-refractivity contribution >= 4 is 19.5 Å². The van der Waals surface area contributed by atoms with E-state index < -0.39 is 67.9 Å². The molecule has 1 saturated heterocycles. The number of hydrogen-bond acceptors (Lipinski definition) is 10. The highest BCUT2D eigenvalue weighted by Crippen LogP contribution is 2.53. The largest absolute Gasteiger partial charge is 0.462 e. The Morgan fingerprint density at radius 1 is 1.31 bits per heavy atom. The van der Waals surface area contributed by atoms with E-state index in [1.807, 2.05) is 0 Å². The van der Waals surface area contributed by atoms with Crippen molar-refractivity contribution in [3.63, 3.8) is 0 Å². The molecule has 0 radical (unpaired) electrons. The molecule has 6 atom stereocenters. The molecule has 1 aliphatic rings. The predicted molar refractivity (Wildman–Crippen MR) is 136 cm³/mol. The van der Waals surface area contributed by atoms with Crippen molar-refractivity contribution < 1.29 is 41.8 Å². The number of nitrogens with two attached hydrogens (primary N) is 1. The number of aliphatic hydroxyl groups excluding tert-OH is 1. The summed E-state index contributed by atoms with van der Waals surface area (Å²) in [6, 6.07) is 7.84. The number of aromatic nitrogens is 2. The minimum atomic E-state index is -4.51. The molecule has 2 aromatic rings. The summed E-state index contributed by atoms with van der Waals surface area (Å²) in [5, 5.41) is 13.4. The molecule has 0 amide bonds. The third-order valence-electron chi connectivity index (χ3n) is 5.84. The van der Waals surface area contributed by atoms with Gasteiger partial charge in [-0.25, -0.2) is 18.1 Å². The smallest absolute Gasteiger partial charge is 0.460 e.